The van der Waals surface area contributed by atoms with E-state index in [0.717, 1.165) is 11.1 Å². The quantitative estimate of drug-likeness (QED) is 0.816. The van der Waals surface area contributed by atoms with Crippen LogP contribution >= 0.6 is 0 Å². The van der Waals surface area contributed by atoms with E-state index in [0.29, 0.717) is 11.5 Å². The number of hydrogen-bond acceptors (Lipinski definition) is 3. The van der Waals surface area contributed by atoms with Gasteiger partial charge in [0.05, 0.1) is 14.2 Å². The van der Waals surface area contributed by atoms with E-state index in [1.54, 1.807) is 39.4 Å². The van der Waals surface area contributed by atoms with E-state index in [1.807, 2.05) is 6.92 Å². The lowest BCUT2D eigenvalue weighted by atomic mass is 10.1. The van der Waals surface area contributed by atoms with Gasteiger partial charge in [-0.25, -0.2) is 4.79 Å². The fourth-order valence-corrected chi connectivity index (χ4v) is 1.60. The fraction of sp³-hybridized carbons (Fsp3) is 0.308. The van der Waals surface area contributed by atoms with Crippen LogP contribution in [0.3, 0.4) is 0 Å². The number of carboxylic acid groups (broad SMARTS) is 1. The highest BCUT2D eigenvalue weighted by Gasteiger charge is 2.10. The maximum atomic E-state index is 10.8. The zero-order chi connectivity index (χ0) is 13.0. The molecule has 1 rings (SSSR count). The third-order valence-electron chi connectivity index (χ3n) is 2.52. The highest BCUT2D eigenvalue weighted by Crippen LogP contribution is 2.32. The molecule has 0 atom stereocenters. The highest BCUT2D eigenvalue weighted by atomic mass is 16.5. The second-order valence-electron chi connectivity index (χ2n) is 3.65. The van der Waals surface area contributed by atoms with Crippen LogP contribution in [0.25, 0.3) is 6.08 Å². The molecule has 1 aromatic rings. The Morgan fingerprint density at radius 3 is 2.41 bits per heavy atom. The Bertz CT molecular complexity index is 461. The van der Waals surface area contributed by atoms with Crippen LogP contribution in [0.15, 0.2) is 17.7 Å². The van der Waals surface area contributed by atoms with Gasteiger partial charge in [0.25, 0.3) is 0 Å². The first-order valence-electron chi connectivity index (χ1n) is 5.14. The maximum absolute atomic E-state index is 10.8. The molecular formula is C13H16O4. The van der Waals surface area contributed by atoms with E-state index in [2.05, 4.69) is 0 Å². The minimum atomic E-state index is -0.944. The van der Waals surface area contributed by atoms with Gasteiger partial charge in [0, 0.05) is 16.7 Å². The van der Waals surface area contributed by atoms with E-state index < -0.39 is 5.97 Å². The molecule has 0 radical (unpaired) electrons. The van der Waals surface area contributed by atoms with Crippen molar-refractivity contribution in [3.63, 3.8) is 0 Å². The van der Waals surface area contributed by atoms with Crippen molar-refractivity contribution in [3.05, 3.63) is 28.8 Å². The van der Waals surface area contributed by atoms with Crippen molar-refractivity contribution in [2.75, 3.05) is 14.2 Å². The summed E-state index contributed by atoms with van der Waals surface area (Å²) in [5.74, 6) is 0.400. The van der Waals surface area contributed by atoms with Crippen LogP contribution in [0.4, 0.5) is 0 Å². The Balaban J connectivity index is 3.31. The van der Waals surface area contributed by atoms with Gasteiger partial charge in [-0.2, -0.15) is 0 Å². The molecule has 0 amide bonds. The van der Waals surface area contributed by atoms with Crippen molar-refractivity contribution in [3.8, 4) is 11.5 Å². The first kappa shape index (κ1) is 13.1. The Kier molecular flexibility index (Phi) is 4.15. The van der Waals surface area contributed by atoms with Gasteiger partial charge in [0.15, 0.2) is 0 Å². The van der Waals surface area contributed by atoms with Crippen LogP contribution in [0.5, 0.6) is 11.5 Å². The van der Waals surface area contributed by atoms with Gasteiger partial charge in [-0.05, 0) is 32.1 Å². The van der Waals surface area contributed by atoms with Crippen LogP contribution in [0.1, 0.15) is 18.1 Å². The number of ether oxygens (including phenoxy) is 2. The second kappa shape index (κ2) is 5.39. The number of hydrogen-bond donors (Lipinski definition) is 1. The standard InChI is InChI=1S/C13H16O4/c1-8(13(14)15)7-10-5-6-11(16-3)9(2)12(10)17-4/h5-7H,1-4H3,(H,14,15)/b8-7+. The number of methoxy groups -OCH3 is 2. The summed E-state index contributed by atoms with van der Waals surface area (Å²) in [5, 5.41) is 8.84. The molecular weight excluding hydrogens is 220 g/mol. The van der Waals surface area contributed by atoms with E-state index in [1.165, 1.54) is 0 Å². The van der Waals surface area contributed by atoms with Crippen LogP contribution in [0.2, 0.25) is 0 Å². The monoisotopic (exact) mass is 236 g/mol. The summed E-state index contributed by atoms with van der Waals surface area (Å²) in [4.78, 5) is 10.8. The minimum Gasteiger partial charge on any atom is -0.496 e. The number of aliphatic carboxylic acids is 1. The van der Waals surface area contributed by atoms with Gasteiger partial charge >= 0.3 is 5.97 Å². The average molecular weight is 236 g/mol. The summed E-state index contributed by atoms with van der Waals surface area (Å²) in [6.45, 7) is 3.41. The Morgan fingerprint density at radius 2 is 1.94 bits per heavy atom. The predicted octanol–water partition coefficient (Wildman–Crippen LogP) is 2.50. The molecule has 0 aromatic heterocycles. The number of carbonyl (C=O) groups is 1. The molecule has 4 nitrogen and oxygen atoms in total. The fourth-order valence-electron chi connectivity index (χ4n) is 1.60. The van der Waals surface area contributed by atoms with Crippen molar-refractivity contribution in [2.45, 2.75) is 13.8 Å². The summed E-state index contributed by atoms with van der Waals surface area (Å²) < 4.78 is 10.5. The zero-order valence-electron chi connectivity index (χ0n) is 10.4. The second-order valence-corrected chi connectivity index (χ2v) is 3.65. The summed E-state index contributed by atoms with van der Waals surface area (Å²) >= 11 is 0. The molecule has 0 saturated carbocycles. The van der Waals surface area contributed by atoms with Gasteiger partial charge in [-0.15, -0.1) is 0 Å². The summed E-state index contributed by atoms with van der Waals surface area (Å²) in [7, 11) is 3.13. The van der Waals surface area contributed by atoms with Crippen LogP contribution < -0.4 is 9.47 Å². The number of carboxylic acids is 1. The summed E-state index contributed by atoms with van der Waals surface area (Å²) in [6.07, 6.45) is 1.58. The third-order valence-corrected chi connectivity index (χ3v) is 2.52. The molecule has 0 fully saturated rings. The largest absolute Gasteiger partial charge is 0.496 e. The van der Waals surface area contributed by atoms with E-state index in [4.69, 9.17) is 14.6 Å². The smallest absolute Gasteiger partial charge is 0.331 e. The normalized spacial score (nSPS) is 11.2. The molecule has 0 aliphatic heterocycles. The van der Waals surface area contributed by atoms with Crippen LogP contribution in [-0.2, 0) is 4.79 Å². The Hall–Kier alpha value is -1.97. The molecule has 1 aromatic carbocycles. The molecule has 0 spiro atoms. The van der Waals surface area contributed by atoms with Gasteiger partial charge in [0.1, 0.15) is 11.5 Å². The zero-order valence-corrected chi connectivity index (χ0v) is 10.4. The Morgan fingerprint density at radius 1 is 1.29 bits per heavy atom. The van der Waals surface area contributed by atoms with Gasteiger partial charge in [0.2, 0.25) is 0 Å². The van der Waals surface area contributed by atoms with E-state index in [9.17, 15) is 4.79 Å². The molecule has 92 valence electrons. The van der Waals surface area contributed by atoms with Crippen molar-refractivity contribution >= 4 is 12.0 Å². The lowest BCUT2D eigenvalue weighted by molar-refractivity contribution is -0.132. The van der Waals surface area contributed by atoms with Gasteiger partial charge in [-0.3, -0.25) is 0 Å². The number of benzene rings is 1. The molecule has 0 aliphatic carbocycles. The SMILES string of the molecule is COc1ccc(/C=C(\C)C(=O)O)c(OC)c1C. The first-order valence-corrected chi connectivity index (χ1v) is 5.14. The molecule has 0 unspecified atom stereocenters. The van der Waals surface area contributed by atoms with Gasteiger partial charge in [-0.1, -0.05) is 0 Å². The van der Waals surface area contributed by atoms with E-state index in [-0.39, 0.29) is 5.57 Å². The summed E-state index contributed by atoms with van der Waals surface area (Å²) in [6, 6.07) is 3.57. The van der Waals surface area contributed by atoms with Crippen LogP contribution in [0, 0.1) is 6.92 Å². The molecule has 0 saturated heterocycles. The molecule has 0 heterocycles. The average Bonchev–Trinajstić information content (AvgIpc) is 2.29. The first-order chi connectivity index (χ1) is 8.01. The third kappa shape index (κ3) is 2.78. The molecule has 4 heteroatoms. The van der Waals surface area contributed by atoms with Gasteiger partial charge < -0.3 is 14.6 Å². The van der Waals surface area contributed by atoms with Crippen molar-refractivity contribution < 1.29 is 19.4 Å². The molecule has 1 N–H and O–H groups in total. The lowest BCUT2D eigenvalue weighted by Gasteiger charge is -2.12. The molecule has 0 bridgehead atoms. The van der Waals surface area contributed by atoms with Crippen molar-refractivity contribution in [2.24, 2.45) is 0 Å². The predicted molar refractivity (Wildman–Crippen MR) is 65.6 cm³/mol. The maximum Gasteiger partial charge on any atom is 0.331 e. The summed E-state index contributed by atoms with van der Waals surface area (Å²) in [5.41, 5.74) is 1.83. The van der Waals surface area contributed by atoms with E-state index >= 15 is 0 Å². The van der Waals surface area contributed by atoms with Crippen molar-refractivity contribution in [1.29, 1.82) is 0 Å². The highest BCUT2D eigenvalue weighted by molar-refractivity contribution is 5.92. The number of rotatable bonds is 4. The minimum absolute atomic E-state index is 0.257. The Labute approximate surface area is 100 Å². The topological polar surface area (TPSA) is 55.8 Å². The van der Waals surface area contributed by atoms with Crippen LogP contribution in [-0.4, -0.2) is 25.3 Å². The lowest BCUT2D eigenvalue weighted by Crippen LogP contribution is -1.98. The molecule has 0 aliphatic rings. The van der Waals surface area contributed by atoms with Crippen molar-refractivity contribution in [1.82, 2.24) is 0 Å². The molecule has 17 heavy (non-hydrogen) atoms.